The third-order valence-corrected chi connectivity index (χ3v) is 4.96. The molecule has 0 aliphatic carbocycles. The van der Waals surface area contributed by atoms with Gasteiger partial charge in [0.25, 0.3) is 0 Å². The van der Waals surface area contributed by atoms with Crippen LogP contribution in [-0.4, -0.2) is 27.0 Å². The Morgan fingerprint density at radius 1 is 1.16 bits per heavy atom. The molecule has 3 N–H and O–H groups in total. The van der Waals surface area contributed by atoms with Crippen molar-refractivity contribution in [2.45, 2.75) is 30.7 Å². The summed E-state index contributed by atoms with van der Waals surface area (Å²) >= 11 is 1.82. The highest BCUT2D eigenvalue weighted by Gasteiger charge is 2.12. The van der Waals surface area contributed by atoms with E-state index in [9.17, 15) is 8.42 Å². The van der Waals surface area contributed by atoms with Crippen LogP contribution < -0.4 is 10.5 Å². The van der Waals surface area contributed by atoms with Gasteiger partial charge in [-0.25, -0.2) is 13.1 Å². The number of hydrogen-bond acceptors (Lipinski definition) is 4. The quantitative estimate of drug-likeness (QED) is 0.684. The van der Waals surface area contributed by atoms with Crippen LogP contribution in [0.25, 0.3) is 0 Å². The number of thioether (sulfide) groups is 1. The SMILES string of the molecule is CSCCCCCNS(=O)(=O)c1ccc(CN)cc1. The number of rotatable bonds is 9. The third-order valence-electron chi connectivity index (χ3n) is 2.79. The molecule has 0 heterocycles. The molecule has 1 aromatic carbocycles. The van der Waals surface area contributed by atoms with E-state index in [1.807, 2.05) is 11.8 Å². The van der Waals surface area contributed by atoms with Crippen LogP contribution in [0.2, 0.25) is 0 Å². The lowest BCUT2D eigenvalue weighted by molar-refractivity contribution is 0.576. The first kappa shape index (κ1) is 16.5. The van der Waals surface area contributed by atoms with Gasteiger partial charge in [-0.3, -0.25) is 0 Å². The summed E-state index contributed by atoms with van der Waals surface area (Å²) in [7, 11) is -3.37. The molecule has 0 aromatic heterocycles. The van der Waals surface area contributed by atoms with E-state index in [0.29, 0.717) is 18.0 Å². The van der Waals surface area contributed by atoms with Crippen molar-refractivity contribution in [2.75, 3.05) is 18.6 Å². The van der Waals surface area contributed by atoms with Gasteiger partial charge in [-0.15, -0.1) is 0 Å². The maximum Gasteiger partial charge on any atom is 0.240 e. The van der Waals surface area contributed by atoms with Crippen LogP contribution in [-0.2, 0) is 16.6 Å². The van der Waals surface area contributed by atoms with Crippen molar-refractivity contribution < 1.29 is 8.42 Å². The Kier molecular flexibility index (Phi) is 7.45. The second-order valence-corrected chi connectivity index (χ2v) is 7.05. The molecule has 0 bridgehead atoms. The largest absolute Gasteiger partial charge is 0.326 e. The molecular formula is C13H22N2O2S2. The highest BCUT2D eigenvalue weighted by molar-refractivity contribution is 7.98. The first-order valence-electron chi connectivity index (χ1n) is 6.38. The molecule has 0 aliphatic rings. The van der Waals surface area contributed by atoms with E-state index >= 15 is 0 Å². The molecule has 0 fully saturated rings. The predicted molar refractivity (Wildman–Crippen MR) is 81.8 cm³/mol. The molecule has 0 saturated heterocycles. The van der Waals surface area contributed by atoms with Crippen molar-refractivity contribution in [2.24, 2.45) is 5.73 Å². The molecule has 4 nitrogen and oxygen atoms in total. The minimum absolute atomic E-state index is 0.300. The van der Waals surface area contributed by atoms with Crippen LogP contribution in [0.4, 0.5) is 0 Å². The van der Waals surface area contributed by atoms with Gasteiger partial charge in [0.1, 0.15) is 0 Å². The van der Waals surface area contributed by atoms with Crippen molar-refractivity contribution in [3.05, 3.63) is 29.8 Å². The second kappa shape index (κ2) is 8.58. The van der Waals surface area contributed by atoms with Gasteiger partial charge in [-0.05, 0) is 42.5 Å². The van der Waals surface area contributed by atoms with Crippen molar-refractivity contribution in [1.82, 2.24) is 4.72 Å². The fourth-order valence-electron chi connectivity index (χ4n) is 1.64. The van der Waals surface area contributed by atoms with Crippen LogP contribution in [0, 0.1) is 0 Å². The van der Waals surface area contributed by atoms with E-state index in [4.69, 9.17) is 5.73 Å². The molecule has 0 aliphatic heterocycles. The molecular weight excluding hydrogens is 280 g/mol. The zero-order valence-corrected chi connectivity index (χ0v) is 12.9. The normalized spacial score (nSPS) is 11.7. The van der Waals surface area contributed by atoms with Gasteiger partial charge in [0.15, 0.2) is 0 Å². The van der Waals surface area contributed by atoms with Gasteiger partial charge in [0, 0.05) is 13.1 Å². The molecule has 108 valence electrons. The molecule has 19 heavy (non-hydrogen) atoms. The zero-order valence-electron chi connectivity index (χ0n) is 11.3. The summed E-state index contributed by atoms with van der Waals surface area (Å²) in [5, 5.41) is 0. The first-order valence-corrected chi connectivity index (χ1v) is 9.25. The number of nitrogens with one attached hydrogen (secondary N) is 1. The maximum absolute atomic E-state index is 12.0. The summed E-state index contributed by atoms with van der Waals surface area (Å²) in [5.74, 6) is 1.13. The minimum atomic E-state index is -3.37. The summed E-state index contributed by atoms with van der Waals surface area (Å²) in [6.45, 7) is 0.915. The van der Waals surface area contributed by atoms with Crippen LogP contribution >= 0.6 is 11.8 Å². The van der Waals surface area contributed by atoms with E-state index in [0.717, 1.165) is 30.6 Å². The fourth-order valence-corrected chi connectivity index (χ4v) is 3.21. The lowest BCUT2D eigenvalue weighted by Gasteiger charge is -2.07. The van der Waals surface area contributed by atoms with E-state index in [1.54, 1.807) is 24.3 Å². The number of unbranched alkanes of at least 4 members (excludes halogenated alkanes) is 2. The highest BCUT2D eigenvalue weighted by atomic mass is 32.2. The van der Waals surface area contributed by atoms with E-state index in [1.165, 1.54) is 0 Å². The minimum Gasteiger partial charge on any atom is -0.326 e. The van der Waals surface area contributed by atoms with Crippen molar-refractivity contribution in [1.29, 1.82) is 0 Å². The summed E-state index contributed by atoms with van der Waals surface area (Å²) in [6.07, 6.45) is 5.14. The Balaban J connectivity index is 2.42. The Bertz CT molecular complexity index is 458. The standard InChI is InChI=1S/C13H22N2O2S2/c1-18-10-4-2-3-9-15-19(16,17)13-7-5-12(11-14)6-8-13/h5-8,15H,2-4,9-11,14H2,1H3. The van der Waals surface area contributed by atoms with Gasteiger partial charge in [0.2, 0.25) is 10.0 Å². The van der Waals surface area contributed by atoms with E-state index < -0.39 is 10.0 Å². The van der Waals surface area contributed by atoms with Crippen LogP contribution in [0.15, 0.2) is 29.2 Å². The lowest BCUT2D eigenvalue weighted by Crippen LogP contribution is -2.24. The molecule has 0 saturated carbocycles. The third kappa shape index (κ3) is 5.95. The van der Waals surface area contributed by atoms with Crippen molar-refractivity contribution >= 4 is 21.8 Å². The van der Waals surface area contributed by atoms with Crippen LogP contribution in [0.1, 0.15) is 24.8 Å². The van der Waals surface area contributed by atoms with E-state index in [2.05, 4.69) is 11.0 Å². The summed E-state index contributed by atoms with van der Waals surface area (Å²) in [4.78, 5) is 0.300. The molecule has 0 atom stereocenters. The molecule has 0 radical (unpaired) electrons. The summed E-state index contributed by atoms with van der Waals surface area (Å²) < 4.78 is 26.6. The zero-order chi connectivity index (χ0) is 14.1. The van der Waals surface area contributed by atoms with Crippen molar-refractivity contribution in [3.63, 3.8) is 0 Å². The predicted octanol–water partition coefficient (Wildman–Crippen LogP) is 1.96. The average Bonchev–Trinajstić information content (AvgIpc) is 2.43. The Morgan fingerprint density at radius 2 is 1.84 bits per heavy atom. The monoisotopic (exact) mass is 302 g/mol. The molecule has 1 aromatic rings. The van der Waals surface area contributed by atoms with Crippen LogP contribution in [0.5, 0.6) is 0 Å². The molecule has 0 spiro atoms. The van der Waals surface area contributed by atoms with Gasteiger partial charge in [-0.2, -0.15) is 11.8 Å². The number of sulfonamides is 1. The molecule has 6 heteroatoms. The number of hydrogen-bond donors (Lipinski definition) is 2. The number of nitrogens with two attached hydrogens (primary N) is 1. The first-order chi connectivity index (χ1) is 9.10. The Hall–Kier alpha value is -0.560. The lowest BCUT2D eigenvalue weighted by atomic mass is 10.2. The van der Waals surface area contributed by atoms with Gasteiger partial charge >= 0.3 is 0 Å². The molecule has 0 unspecified atom stereocenters. The maximum atomic E-state index is 12.0. The van der Waals surface area contributed by atoms with Gasteiger partial charge < -0.3 is 5.73 Å². The highest BCUT2D eigenvalue weighted by Crippen LogP contribution is 2.10. The van der Waals surface area contributed by atoms with Gasteiger partial charge in [0.05, 0.1) is 4.90 Å². The number of benzene rings is 1. The molecule has 1 rings (SSSR count). The topological polar surface area (TPSA) is 72.2 Å². The van der Waals surface area contributed by atoms with Gasteiger partial charge in [-0.1, -0.05) is 18.6 Å². The fraction of sp³-hybridized carbons (Fsp3) is 0.538. The van der Waals surface area contributed by atoms with E-state index in [-0.39, 0.29) is 0 Å². The smallest absolute Gasteiger partial charge is 0.240 e. The average molecular weight is 302 g/mol. The van der Waals surface area contributed by atoms with Crippen molar-refractivity contribution in [3.8, 4) is 0 Å². The Morgan fingerprint density at radius 3 is 2.42 bits per heavy atom. The Labute approximate surface area is 120 Å². The summed E-state index contributed by atoms with van der Waals surface area (Å²) in [5.41, 5.74) is 6.41. The second-order valence-electron chi connectivity index (χ2n) is 4.30. The molecule has 0 amide bonds. The summed E-state index contributed by atoms with van der Waals surface area (Å²) in [6, 6.07) is 6.68. The van der Waals surface area contributed by atoms with Crippen LogP contribution in [0.3, 0.4) is 0 Å².